The topological polar surface area (TPSA) is 57.5 Å². The number of unbranched alkanes of at least 4 members (excludes halogenated alkanes) is 9. The third kappa shape index (κ3) is 15.5. The van der Waals surface area contributed by atoms with Crippen LogP contribution >= 0.6 is 0 Å². The molecule has 0 rings (SSSR count). The molecule has 0 aliphatic heterocycles. The Bertz CT molecular complexity index is 216. The number of carbonyl (C=O) groups is 1. The first-order chi connectivity index (χ1) is 9.66. The predicted molar refractivity (Wildman–Crippen MR) is 84.0 cm³/mol. The molecule has 120 valence electrons. The van der Waals surface area contributed by atoms with E-state index in [2.05, 4.69) is 6.92 Å². The Morgan fingerprint density at radius 1 is 0.800 bits per heavy atom. The fourth-order valence-corrected chi connectivity index (χ4v) is 2.49. The summed E-state index contributed by atoms with van der Waals surface area (Å²) in [6, 6.07) is 0. The van der Waals surface area contributed by atoms with Crippen LogP contribution in [0.5, 0.6) is 0 Å². The number of aliphatic hydroxyl groups is 1. The van der Waals surface area contributed by atoms with Crippen molar-refractivity contribution in [2.24, 2.45) is 0 Å². The van der Waals surface area contributed by atoms with E-state index in [1.807, 2.05) is 0 Å². The van der Waals surface area contributed by atoms with Gasteiger partial charge < -0.3 is 10.2 Å². The molecule has 1 atom stereocenters. The quantitative estimate of drug-likeness (QED) is 0.420. The van der Waals surface area contributed by atoms with Crippen molar-refractivity contribution in [3.63, 3.8) is 0 Å². The van der Waals surface area contributed by atoms with E-state index in [9.17, 15) is 9.90 Å². The van der Waals surface area contributed by atoms with Gasteiger partial charge in [-0.15, -0.1) is 0 Å². The number of hydrogen-bond donors (Lipinski definition) is 2. The van der Waals surface area contributed by atoms with E-state index in [4.69, 9.17) is 5.11 Å². The van der Waals surface area contributed by atoms with Crippen LogP contribution in [-0.2, 0) is 4.79 Å². The third-order valence-corrected chi connectivity index (χ3v) is 3.82. The predicted octanol–water partition coefficient (Wildman–Crippen LogP) is 4.91. The lowest BCUT2D eigenvalue weighted by Gasteiger charge is -2.10. The van der Waals surface area contributed by atoms with E-state index in [1.54, 1.807) is 0 Å². The van der Waals surface area contributed by atoms with Gasteiger partial charge >= 0.3 is 5.97 Å². The summed E-state index contributed by atoms with van der Waals surface area (Å²) in [6.07, 6.45) is 14.8. The summed E-state index contributed by atoms with van der Waals surface area (Å²) in [5.74, 6) is -0.688. The van der Waals surface area contributed by atoms with E-state index in [0.29, 0.717) is 6.42 Å². The van der Waals surface area contributed by atoms with Crippen molar-refractivity contribution in [3.05, 3.63) is 0 Å². The van der Waals surface area contributed by atoms with Crippen molar-refractivity contribution in [1.29, 1.82) is 0 Å². The van der Waals surface area contributed by atoms with Crippen molar-refractivity contribution in [2.75, 3.05) is 0 Å². The molecule has 0 bridgehead atoms. The highest BCUT2D eigenvalue weighted by Crippen LogP contribution is 2.13. The van der Waals surface area contributed by atoms with Crippen molar-refractivity contribution in [3.8, 4) is 0 Å². The molecule has 20 heavy (non-hydrogen) atoms. The Morgan fingerprint density at radius 2 is 1.25 bits per heavy atom. The summed E-state index contributed by atoms with van der Waals surface area (Å²) in [6.45, 7) is 2.22. The molecule has 0 aromatic carbocycles. The van der Waals surface area contributed by atoms with Crippen LogP contribution in [0.15, 0.2) is 0 Å². The van der Waals surface area contributed by atoms with Gasteiger partial charge in [0.15, 0.2) is 0 Å². The molecule has 1 unspecified atom stereocenters. The van der Waals surface area contributed by atoms with Crippen LogP contribution < -0.4 is 0 Å². The maximum absolute atomic E-state index is 10.3. The second-order valence-electron chi connectivity index (χ2n) is 5.91. The van der Waals surface area contributed by atoms with Crippen LogP contribution in [0.2, 0.25) is 0 Å². The summed E-state index contributed by atoms with van der Waals surface area (Å²) < 4.78 is 0. The molecule has 3 heteroatoms. The van der Waals surface area contributed by atoms with Gasteiger partial charge in [-0.2, -0.15) is 0 Å². The molecular formula is C17H34O3. The Morgan fingerprint density at radius 3 is 1.75 bits per heavy atom. The minimum absolute atomic E-state index is 0.108. The molecule has 0 heterocycles. The van der Waals surface area contributed by atoms with Gasteiger partial charge in [0.25, 0.3) is 0 Å². The van der Waals surface area contributed by atoms with Gasteiger partial charge in [0.05, 0.1) is 6.10 Å². The highest BCUT2D eigenvalue weighted by atomic mass is 16.4. The number of hydrogen-bond acceptors (Lipinski definition) is 2. The number of carboxylic acids is 1. The molecular weight excluding hydrogens is 252 g/mol. The normalized spacial score (nSPS) is 12.5. The van der Waals surface area contributed by atoms with Crippen molar-refractivity contribution in [1.82, 2.24) is 0 Å². The SMILES string of the molecule is CCCCCCCC(O)CCCCCCCCC(=O)O. The fraction of sp³-hybridized carbons (Fsp3) is 0.941. The van der Waals surface area contributed by atoms with Gasteiger partial charge in [0.1, 0.15) is 0 Å². The van der Waals surface area contributed by atoms with Crippen LogP contribution in [0.1, 0.15) is 96.8 Å². The molecule has 2 N–H and O–H groups in total. The van der Waals surface area contributed by atoms with Crippen LogP contribution in [0.25, 0.3) is 0 Å². The van der Waals surface area contributed by atoms with Gasteiger partial charge in [-0.25, -0.2) is 0 Å². The smallest absolute Gasteiger partial charge is 0.303 e. The first-order valence-corrected chi connectivity index (χ1v) is 8.56. The van der Waals surface area contributed by atoms with Crippen molar-refractivity contribution >= 4 is 5.97 Å². The zero-order valence-electron chi connectivity index (χ0n) is 13.3. The maximum atomic E-state index is 10.3. The molecule has 0 fully saturated rings. The molecule has 0 aromatic heterocycles. The number of rotatable bonds is 15. The summed E-state index contributed by atoms with van der Waals surface area (Å²) in [7, 11) is 0. The second-order valence-corrected chi connectivity index (χ2v) is 5.91. The minimum atomic E-state index is -0.688. The molecule has 0 aliphatic rings. The zero-order chi connectivity index (χ0) is 15.1. The van der Waals surface area contributed by atoms with Crippen LogP contribution in [0, 0.1) is 0 Å². The third-order valence-electron chi connectivity index (χ3n) is 3.82. The van der Waals surface area contributed by atoms with E-state index in [-0.39, 0.29) is 6.10 Å². The highest BCUT2D eigenvalue weighted by Gasteiger charge is 2.03. The van der Waals surface area contributed by atoms with Gasteiger partial charge in [-0.3, -0.25) is 4.79 Å². The van der Waals surface area contributed by atoms with Gasteiger partial charge in [-0.1, -0.05) is 71.1 Å². The Kier molecular flexibility index (Phi) is 14.4. The average Bonchev–Trinajstić information content (AvgIpc) is 2.41. The van der Waals surface area contributed by atoms with Crippen molar-refractivity contribution < 1.29 is 15.0 Å². The highest BCUT2D eigenvalue weighted by molar-refractivity contribution is 5.66. The largest absolute Gasteiger partial charge is 0.481 e. The van der Waals surface area contributed by atoms with Gasteiger partial charge in [0, 0.05) is 6.42 Å². The fourth-order valence-electron chi connectivity index (χ4n) is 2.49. The van der Waals surface area contributed by atoms with E-state index >= 15 is 0 Å². The summed E-state index contributed by atoms with van der Waals surface area (Å²) in [5, 5.41) is 18.3. The van der Waals surface area contributed by atoms with E-state index < -0.39 is 5.97 Å². The average molecular weight is 286 g/mol. The Labute approximate surface area is 124 Å². The molecule has 3 nitrogen and oxygen atoms in total. The summed E-state index contributed by atoms with van der Waals surface area (Å²) >= 11 is 0. The lowest BCUT2D eigenvalue weighted by Crippen LogP contribution is -2.05. The lowest BCUT2D eigenvalue weighted by molar-refractivity contribution is -0.137. The molecule has 0 saturated carbocycles. The molecule has 0 radical (unpaired) electrons. The van der Waals surface area contributed by atoms with Crippen LogP contribution in [0.3, 0.4) is 0 Å². The second kappa shape index (κ2) is 14.8. The minimum Gasteiger partial charge on any atom is -0.481 e. The zero-order valence-corrected chi connectivity index (χ0v) is 13.3. The Hall–Kier alpha value is -0.570. The molecule has 0 saturated heterocycles. The van der Waals surface area contributed by atoms with E-state index in [1.165, 1.54) is 38.5 Å². The van der Waals surface area contributed by atoms with Crippen LogP contribution in [-0.4, -0.2) is 22.3 Å². The van der Waals surface area contributed by atoms with Crippen molar-refractivity contribution in [2.45, 2.75) is 103 Å². The van der Waals surface area contributed by atoms with E-state index in [0.717, 1.165) is 44.9 Å². The lowest BCUT2D eigenvalue weighted by atomic mass is 10.0. The monoisotopic (exact) mass is 286 g/mol. The number of aliphatic hydroxyl groups excluding tert-OH is 1. The molecule has 0 aliphatic carbocycles. The maximum Gasteiger partial charge on any atom is 0.303 e. The number of carboxylic acid groups (broad SMARTS) is 1. The molecule has 0 spiro atoms. The van der Waals surface area contributed by atoms with Gasteiger partial charge in [0.2, 0.25) is 0 Å². The molecule has 0 amide bonds. The van der Waals surface area contributed by atoms with Crippen LogP contribution in [0.4, 0.5) is 0 Å². The van der Waals surface area contributed by atoms with Gasteiger partial charge in [-0.05, 0) is 19.3 Å². The first kappa shape index (κ1) is 19.4. The Balaban J connectivity index is 3.15. The summed E-state index contributed by atoms with van der Waals surface area (Å²) in [4.78, 5) is 10.3. The standard InChI is InChI=1S/C17H34O3/c1-2-3-4-7-10-13-16(18)14-11-8-5-6-9-12-15-17(19)20/h16,18H,2-15H2,1H3,(H,19,20). The summed E-state index contributed by atoms with van der Waals surface area (Å²) in [5.41, 5.74) is 0. The first-order valence-electron chi connectivity index (χ1n) is 8.56. The molecule has 0 aromatic rings. The number of aliphatic carboxylic acids is 1.